The Hall–Kier alpha value is -1.61. The van der Waals surface area contributed by atoms with Gasteiger partial charge in [-0.2, -0.15) is 0 Å². The van der Waals surface area contributed by atoms with E-state index in [2.05, 4.69) is 19.2 Å². The highest BCUT2D eigenvalue weighted by molar-refractivity contribution is 5.58. The maximum atomic E-state index is 13.6. The van der Waals surface area contributed by atoms with E-state index in [0.717, 1.165) is 12.2 Å². The zero-order valence-electron chi connectivity index (χ0n) is 10.7. The second-order valence-corrected chi connectivity index (χ2v) is 4.44. The molecule has 0 spiro atoms. The minimum atomic E-state index is -0.256. The quantitative estimate of drug-likeness (QED) is 0.864. The summed E-state index contributed by atoms with van der Waals surface area (Å²) in [5, 5.41) is 3.34. The maximum absolute atomic E-state index is 13.6. The smallest absolute Gasteiger partial charge is 0.137 e. The standard InChI is InChI=1S/C15H18FNO/c1-3-11(2)17-10-12-8-9-15(18-12)13-6-4-5-7-14(13)16/h4-9,11,17H,3,10H2,1-2H3/t11-/m0/s1. The molecule has 2 nitrogen and oxygen atoms in total. The minimum Gasteiger partial charge on any atom is -0.460 e. The summed E-state index contributed by atoms with van der Waals surface area (Å²) in [5.74, 6) is 1.15. The number of hydrogen-bond acceptors (Lipinski definition) is 2. The van der Waals surface area contributed by atoms with Crippen LogP contribution in [0.2, 0.25) is 0 Å². The molecule has 1 atom stereocenters. The van der Waals surface area contributed by atoms with Crippen molar-refractivity contribution < 1.29 is 8.81 Å². The number of benzene rings is 1. The van der Waals surface area contributed by atoms with E-state index in [-0.39, 0.29) is 5.82 Å². The lowest BCUT2D eigenvalue weighted by atomic mass is 10.1. The highest BCUT2D eigenvalue weighted by Crippen LogP contribution is 2.24. The van der Waals surface area contributed by atoms with Gasteiger partial charge in [0.05, 0.1) is 12.1 Å². The topological polar surface area (TPSA) is 25.2 Å². The van der Waals surface area contributed by atoms with E-state index in [0.29, 0.717) is 23.9 Å². The Morgan fingerprint density at radius 3 is 2.72 bits per heavy atom. The summed E-state index contributed by atoms with van der Waals surface area (Å²) >= 11 is 0. The van der Waals surface area contributed by atoms with Crippen molar-refractivity contribution in [3.8, 4) is 11.3 Å². The van der Waals surface area contributed by atoms with Crippen molar-refractivity contribution in [2.45, 2.75) is 32.9 Å². The van der Waals surface area contributed by atoms with Gasteiger partial charge in [0.25, 0.3) is 0 Å². The van der Waals surface area contributed by atoms with Crippen LogP contribution in [0.1, 0.15) is 26.0 Å². The third-order valence-electron chi connectivity index (χ3n) is 3.04. The molecule has 0 aliphatic rings. The van der Waals surface area contributed by atoms with Gasteiger partial charge < -0.3 is 9.73 Å². The Labute approximate surface area is 107 Å². The Morgan fingerprint density at radius 2 is 2.00 bits per heavy atom. The molecule has 2 aromatic rings. The molecule has 1 aromatic heterocycles. The molecule has 0 aliphatic carbocycles. The van der Waals surface area contributed by atoms with Gasteiger partial charge in [-0.1, -0.05) is 19.1 Å². The molecule has 1 heterocycles. The lowest BCUT2D eigenvalue weighted by molar-refractivity contribution is 0.455. The van der Waals surface area contributed by atoms with E-state index in [1.165, 1.54) is 6.07 Å². The number of rotatable bonds is 5. The second-order valence-electron chi connectivity index (χ2n) is 4.44. The van der Waals surface area contributed by atoms with Gasteiger partial charge in [-0.3, -0.25) is 0 Å². The number of nitrogens with one attached hydrogen (secondary N) is 1. The molecule has 0 bridgehead atoms. The van der Waals surface area contributed by atoms with Gasteiger partial charge in [0.2, 0.25) is 0 Å². The average molecular weight is 247 g/mol. The number of furan rings is 1. The molecule has 1 aromatic carbocycles. The first kappa shape index (κ1) is 12.8. The molecule has 0 saturated heterocycles. The summed E-state index contributed by atoms with van der Waals surface area (Å²) in [6.45, 7) is 4.93. The van der Waals surface area contributed by atoms with Crippen molar-refractivity contribution in [2.75, 3.05) is 0 Å². The Balaban J connectivity index is 2.09. The lowest BCUT2D eigenvalue weighted by Crippen LogP contribution is -2.24. The van der Waals surface area contributed by atoms with Gasteiger partial charge >= 0.3 is 0 Å². The van der Waals surface area contributed by atoms with Crippen LogP contribution in [-0.4, -0.2) is 6.04 Å². The average Bonchev–Trinajstić information content (AvgIpc) is 2.85. The van der Waals surface area contributed by atoms with Crippen LogP contribution in [0.5, 0.6) is 0 Å². The van der Waals surface area contributed by atoms with E-state index < -0.39 is 0 Å². The fourth-order valence-electron chi connectivity index (χ4n) is 1.70. The molecular weight excluding hydrogens is 229 g/mol. The van der Waals surface area contributed by atoms with Crippen LogP contribution in [0.3, 0.4) is 0 Å². The third-order valence-corrected chi connectivity index (χ3v) is 3.04. The van der Waals surface area contributed by atoms with E-state index in [1.54, 1.807) is 18.2 Å². The molecule has 0 aliphatic heterocycles. The molecule has 18 heavy (non-hydrogen) atoms. The predicted octanol–water partition coefficient (Wildman–Crippen LogP) is 3.97. The van der Waals surface area contributed by atoms with Gasteiger partial charge in [0, 0.05) is 6.04 Å². The third kappa shape index (κ3) is 2.99. The molecule has 0 fully saturated rings. The van der Waals surface area contributed by atoms with Crippen LogP contribution in [0, 0.1) is 5.82 Å². The van der Waals surface area contributed by atoms with Crippen molar-refractivity contribution in [3.05, 3.63) is 48.0 Å². The van der Waals surface area contributed by atoms with Gasteiger partial charge in [-0.05, 0) is 37.6 Å². The molecule has 0 amide bonds. The minimum absolute atomic E-state index is 0.256. The fraction of sp³-hybridized carbons (Fsp3) is 0.333. The first-order valence-corrected chi connectivity index (χ1v) is 6.27. The molecule has 0 radical (unpaired) electrons. The second kappa shape index (κ2) is 5.83. The highest BCUT2D eigenvalue weighted by Gasteiger charge is 2.09. The maximum Gasteiger partial charge on any atom is 0.137 e. The van der Waals surface area contributed by atoms with Crippen LogP contribution < -0.4 is 5.32 Å². The van der Waals surface area contributed by atoms with Crippen LogP contribution in [-0.2, 0) is 6.54 Å². The summed E-state index contributed by atoms with van der Waals surface area (Å²) in [4.78, 5) is 0. The lowest BCUT2D eigenvalue weighted by Gasteiger charge is -2.09. The van der Waals surface area contributed by atoms with Crippen molar-refractivity contribution in [3.63, 3.8) is 0 Å². The monoisotopic (exact) mass is 247 g/mol. The van der Waals surface area contributed by atoms with Gasteiger partial charge in [-0.25, -0.2) is 4.39 Å². The molecular formula is C15H18FNO. The zero-order chi connectivity index (χ0) is 13.0. The Morgan fingerprint density at radius 1 is 1.22 bits per heavy atom. The molecule has 0 saturated carbocycles. The van der Waals surface area contributed by atoms with E-state index in [9.17, 15) is 4.39 Å². The largest absolute Gasteiger partial charge is 0.460 e. The first-order chi connectivity index (χ1) is 8.70. The highest BCUT2D eigenvalue weighted by atomic mass is 19.1. The van der Waals surface area contributed by atoms with Gasteiger partial charge in [0.1, 0.15) is 17.3 Å². The van der Waals surface area contributed by atoms with Gasteiger partial charge in [0.15, 0.2) is 0 Å². The summed E-state index contributed by atoms with van der Waals surface area (Å²) in [7, 11) is 0. The van der Waals surface area contributed by atoms with Crippen molar-refractivity contribution in [1.29, 1.82) is 0 Å². The summed E-state index contributed by atoms with van der Waals surface area (Å²) < 4.78 is 19.2. The van der Waals surface area contributed by atoms with E-state index >= 15 is 0 Å². The Bertz CT molecular complexity index is 507. The van der Waals surface area contributed by atoms with Crippen LogP contribution >= 0.6 is 0 Å². The Kier molecular flexibility index (Phi) is 4.15. The summed E-state index contributed by atoms with van der Waals surface area (Å²) in [6.07, 6.45) is 1.07. The molecule has 1 N–H and O–H groups in total. The normalized spacial score (nSPS) is 12.6. The molecule has 3 heteroatoms. The van der Waals surface area contributed by atoms with E-state index in [4.69, 9.17) is 4.42 Å². The molecule has 0 unspecified atom stereocenters. The van der Waals surface area contributed by atoms with Gasteiger partial charge in [-0.15, -0.1) is 0 Å². The fourth-order valence-corrected chi connectivity index (χ4v) is 1.70. The summed E-state index contributed by atoms with van der Waals surface area (Å²) in [5.41, 5.74) is 0.507. The van der Waals surface area contributed by atoms with Crippen molar-refractivity contribution in [1.82, 2.24) is 5.32 Å². The van der Waals surface area contributed by atoms with Crippen molar-refractivity contribution >= 4 is 0 Å². The van der Waals surface area contributed by atoms with Crippen LogP contribution in [0.15, 0.2) is 40.8 Å². The molecule has 2 rings (SSSR count). The predicted molar refractivity (Wildman–Crippen MR) is 70.7 cm³/mol. The van der Waals surface area contributed by atoms with Crippen LogP contribution in [0.25, 0.3) is 11.3 Å². The number of halogens is 1. The van der Waals surface area contributed by atoms with Crippen LogP contribution in [0.4, 0.5) is 4.39 Å². The number of hydrogen-bond donors (Lipinski definition) is 1. The SMILES string of the molecule is CC[C@H](C)NCc1ccc(-c2ccccc2F)o1. The van der Waals surface area contributed by atoms with E-state index in [1.807, 2.05) is 12.1 Å². The first-order valence-electron chi connectivity index (χ1n) is 6.27. The summed E-state index contributed by atoms with van der Waals surface area (Å²) in [6, 6.07) is 10.8. The van der Waals surface area contributed by atoms with Crippen molar-refractivity contribution in [2.24, 2.45) is 0 Å². The zero-order valence-corrected chi connectivity index (χ0v) is 10.7. The molecule has 96 valence electrons.